The average molecular weight is 220 g/mol. The highest BCUT2D eigenvalue weighted by Crippen LogP contribution is 2.17. The number of nitrogens with one attached hydrogen (secondary N) is 1. The first-order valence-electron chi connectivity index (χ1n) is 5.29. The Bertz CT molecular complexity index is 390. The van der Waals surface area contributed by atoms with Crippen molar-refractivity contribution in [3.8, 4) is 0 Å². The second-order valence-corrected chi connectivity index (χ2v) is 4.85. The van der Waals surface area contributed by atoms with Crippen molar-refractivity contribution in [2.75, 3.05) is 6.54 Å². The minimum Gasteiger partial charge on any atom is -0.368 e. The van der Waals surface area contributed by atoms with Gasteiger partial charge < -0.3 is 5.32 Å². The van der Waals surface area contributed by atoms with Crippen molar-refractivity contribution >= 4 is 23.2 Å². The minimum absolute atomic E-state index is 0.548. The molecule has 80 valence electrons. The fourth-order valence-corrected chi connectivity index (χ4v) is 2.38. The third kappa shape index (κ3) is 2.69. The Balaban J connectivity index is 2.06. The predicted octanol–water partition coefficient (Wildman–Crippen LogP) is 2.85. The third-order valence-corrected chi connectivity index (χ3v) is 3.52. The Hall–Kier alpha value is -1.09. The highest BCUT2D eigenvalue weighted by Gasteiger charge is 2.07. The Kier molecular flexibility index (Phi) is 3.21. The summed E-state index contributed by atoms with van der Waals surface area (Å²) in [7, 11) is 0. The summed E-state index contributed by atoms with van der Waals surface area (Å²) >= 11 is 1.77. The first-order chi connectivity index (χ1) is 7.25. The molecular weight excluding hydrogens is 204 g/mol. The number of amidine groups is 1. The molecule has 1 atom stereocenters. The summed E-state index contributed by atoms with van der Waals surface area (Å²) < 4.78 is 0. The van der Waals surface area contributed by atoms with E-state index in [2.05, 4.69) is 47.8 Å². The molecule has 1 N–H and O–H groups in total. The molecule has 2 nitrogen and oxygen atoms in total. The van der Waals surface area contributed by atoms with Crippen LogP contribution in [0, 0.1) is 6.92 Å². The smallest absolute Gasteiger partial charge is 0.121 e. The standard InChI is InChI=1S/C12H16N2S/c1-9-6-8-15-11(9)3-4-12-13-7-5-10(2)14-12/h3-4,6,8,10H,5,7H2,1-2H3,(H,13,14). The fourth-order valence-electron chi connectivity index (χ4n) is 1.56. The van der Waals surface area contributed by atoms with Crippen molar-refractivity contribution in [3.05, 3.63) is 28.0 Å². The van der Waals surface area contributed by atoms with Crippen LogP contribution in [0.4, 0.5) is 0 Å². The SMILES string of the molecule is Cc1ccsc1C=CC1=NCCC(C)N1. The normalized spacial score (nSPS) is 21.5. The van der Waals surface area contributed by atoms with E-state index < -0.39 is 0 Å². The zero-order chi connectivity index (χ0) is 10.7. The summed E-state index contributed by atoms with van der Waals surface area (Å²) in [6, 6.07) is 2.69. The molecule has 0 spiro atoms. The Labute approximate surface area is 94.7 Å². The zero-order valence-electron chi connectivity index (χ0n) is 9.16. The summed E-state index contributed by atoms with van der Waals surface area (Å²) in [5.74, 6) is 1.02. The van der Waals surface area contributed by atoms with E-state index in [1.54, 1.807) is 11.3 Å². The van der Waals surface area contributed by atoms with Crippen molar-refractivity contribution in [3.63, 3.8) is 0 Å². The second kappa shape index (κ2) is 4.62. The Morgan fingerprint density at radius 2 is 2.40 bits per heavy atom. The third-order valence-electron chi connectivity index (χ3n) is 2.53. The second-order valence-electron chi connectivity index (χ2n) is 3.90. The van der Waals surface area contributed by atoms with Crippen LogP contribution in [-0.4, -0.2) is 18.4 Å². The van der Waals surface area contributed by atoms with Crippen LogP contribution in [-0.2, 0) is 0 Å². The minimum atomic E-state index is 0.548. The van der Waals surface area contributed by atoms with Gasteiger partial charge in [0.25, 0.3) is 0 Å². The van der Waals surface area contributed by atoms with E-state index >= 15 is 0 Å². The van der Waals surface area contributed by atoms with Crippen molar-refractivity contribution in [2.24, 2.45) is 4.99 Å². The zero-order valence-corrected chi connectivity index (χ0v) is 9.97. The number of rotatable bonds is 2. The lowest BCUT2D eigenvalue weighted by Gasteiger charge is -2.18. The van der Waals surface area contributed by atoms with Crippen LogP contribution in [0.5, 0.6) is 0 Å². The van der Waals surface area contributed by atoms with E-state index in [-0.39, 0.29) is 0 Å². The van der Waals surface area contributed by atoms with Crippen LogP contribution in [0.25, 0.3) is 6.08 Å². The molecule has 0 radical (unpaired) electrons. The van der Waals surface area contributed by atoms with E-state index in [0.717, 1.165) is 18.8 Å². The molecule has 3 heteroatoms. The molecule has 0 aliphatic carbocycles. The van der Waals surface area contributed by atoms with Crippen LogP contribution in [0.1, 0.15) is 23.8 Å². The molecule has 0 saturated heterocycles. The summed E-state index contributed by atoms with van der Waals surface area (Å²) in [5, 5.41) is 5.48. The number of hydrogen-bond donors (Lipinski definition) is 1. The summed E-state index contributed by atoms with van der Waals surface area (Å²) in [6.07, 6.45) is 5.35. The van der Waals surface area contributed by atoms with E-state index in [0.29, 0.717) is 6.04 Å². The van der Waals surface area contributed by atoms with Gasteiger partial charge in [-0.25, -0.2) is 0 Å². The van der Waals surface area contributed by atoms with Crippen molar-refractivity contribution in [1.29, 1.82) is 0 Å². The van der Waals surface area contributed by atoms with Crippen LogP contribution < -0.4 is 5.32 Å². The number of aryl methyl sites for hydroxylation is 1. The monoisotopic (exact) mass is 220 g/mol. The lowest BCUT2D eigenvalue weighted by atomic mass is 10.2. The maximum Gasteiger partial charge on any atom is 0.121 e. The molecule has 1 aliphatic rings. The molecule has 1 aromatic heterocycles. The molecule has 2 heterocycles. The first-order valence-corrected chi connectivity index (χ1v) is 6.17. The van der Waals surface area contributed by atoms with Gasteiger partial charge in [0, 0.05) is 17.5 Å². The van der Waals surface area contributed by atoms with Gasteiger partial charge in [-0.1, -0.05) is 0 Å². The highest BCUT2D eigenvalue weighted by molar-refractivity contribution is 7.11. The molecule has 0 bridgehead atoms. The summed E-state index contributed by atoms with van der Waals surface area (Å²) in [5.41, 5.74) is 1.33. The largest absolute Gasteiger partial charge is 0.368 e. The van der Waals surface area contributed by atoms with Gasteiger partial charge in [0.15, 0.2) is 0 Å². The number of thiophene rings is 1. The van der Waals surface area contributed by atoms with Crippen LogP contribution in [0.15, 0.2) is 22.5 Å². The van der Waals surface area contributed by atoms with Gasteiger partial charge in [-0.05, 0) is 49.4 Å². The molecule has 1 aliphatic heterocycles. The van der Waals surface area contributed by atoms with Crippen molar-refractivity contribution < 1.29 is 0 Å². The Morgan fingerprint density at radius 1 is 1.53 bits per heavy atom. The molecule has 0 amide bonds. The topological polar surface area (TPSA) is 24.4 Å². The molecule has 15 heavy (non-hydrogen) atoms. The maximum absolute atomic E-state index is 4.43. The molecule has 0 saturated carbocycles. The number of hydrogen-bond acceptors (Lipinski definition) is 3. The predicted molar refractivity (Wildman–Crippen MR) is 67.6 cm³/mol. The van der Waals surface area contributed by atoms with E-state index in [1.165, 1.54) is 10.4 Å². The van der Waals surface area contributed by atoms with Gasteiger partial charge in [0.2, 0.25) is 0 Å². The van der Waals surface area contributed by atoms with Crippen LogP contribution in [0.2, 0.25) is 0 Å². The van der Waals surface area contributed by atoms with Gasteiger partial charge in [0.1, 0.15) is 5.84 Å². The first kappa shape index (κ1) is 10.4. The Morgan fingerprint density at radius 3 is 3.07 bits per heavy atom. The van der Waals surface area contributed by atoms with Gasteiger partial charge in [-0.15, -0.1) is 11.3 Å². The quantitative estimate of drug-likeness (QED) is 0.814. The van der Waals surface area contributed by atoms with E-state index in [9.17, 15) is 0 Å². The number of aliphatic imine (C=N–C) groups is 1. The van der Waals surface area contributed by atoms with Gasteiger partial charge in [0.05, 0.1) is 0 Å². The van der Waals surface area contributed by atoms with E-state index in [1.807, 2.05) is 0 Å². The van der Waals surface area contributed by atoms with Gasteiger partial charge >= 0.3 is 0 Å². The van der Waals surface area contributed by atoms with Gasteiger partial charge in [-0.3, -0.25) is 4.99 Å². The van der Waals surface area contributed by atoms with E-state index in [4.69, 9.17) is 0 Å². The fraction of sp³-hybridized carbons (Fsp3) is 0.417. The summed E-state index contributed by atoms with van der Waals surface area (Å²) in [4.78, 5) is 5.75. The van der Waals surface area contributed by atoms with Gasteiger partial charge in [-0.2, -0.15) is 0 Å². The molecule has 2 rings (SSSR count). The molecule has 1 unspecified atom stereocenters. The number of nitrogens with zero attached hydrogens (tertiary/aromatic N) is 1. The highest BCUT2D eigenvalue weighted by atomic mass is 32.1. The van der Waals surface area contributed by atoms with Crippen molar-refractivity contribution in [2.45, 2.75) is 26.3 Å². The van der Waals surface area contributed by atoms with Crippen LogP contribution in [0.3, 0.4) is 0 Å². The van der Waals surface area contributed by atoms with Crippen LogP contribution >= 0.6 is 11.3 Å². The molecular formula is C12H16N2S. The average Bonchev–Trinajstić information content (AvgIpc) is 2.61. The molecule has 0 fully saturated rings. The molecule has 1 aromatic rings. The van der Waals surface area contributed by atoms with Crippen molar-refractivity contribution in [1.82, 2.24) is 5.32 Å². The lowest BCUT2D eigenvalue weighted by molar-refractivity contribution is 0.589. The summed E-state index contributed by atoms with van der Waals surface area (Å²) in [6.45, 7) is 5.27. The maximum atomic E-state index is 4.43. The molecule has 0 aromatic carbocycles. The lowest BCUT2D eigenvalue weighted by Crippen LogP contribution is -2.35.